The topological polar surface area (TPSA) is 9.23 Å². The number of hydrogen-bond donors (Lipinski definition) is 0. The number of hydrogen-bond acceptors (Lipinski definition) is 1. The van der Waals surface area contributed by atoms with Crippen LogP contribution in [0.2, 0.25) is 0 Å². The van der Waals surface area contributed by atoms with E-state index in [0.717, 1.165) is 5.56 Å². The van der Waals surface area contributed by atoms with Crippen molar-refractivity contribution in [3.05, 3.63) is 62.5 Å². The number of rotatable bonds is 3. The average molecular weight is 378 g/mol. The lowest BCUT2D eigenvalue weighted by atomic mass is 10.2. The van der Waals surface area contributed by atoms with E-state index in [-0.39, 0.29) is 18.2 Å². The van der Waals surface area contributed by atoms with E-state index in [2.05, 4.69) is 31.9 Å². The lowest BCUT2D eigenvalue weighted by Crippen LogP contribution is -1.97. The van der Waals surface area contributed by atoms with Crippen LogP contribution in [0.25, 0.3) is 0 Å². The molecule has 94 valence electrons. The highest BCUT2D eigenvalue weighted by Crippen LogP contribution is 2.23. The zero-order valence-corrected chi connectivity index (χ0v) is 12.3. The van der Waals surface area contributed by atoms with Gasteiger partial charge in [-0.05, 0) is 40.2 Å². The van der Waals surface area contributed by atoms with Gasteiger partial charge in [-0.2, -0.15) is 0 Å². The lowest BCUT2D eigenvalue weighted by molar-refractivity contribution is 0.303. The van der Waals surface area contributed by atoms with Gasteiger partial charge in [0.1, 0.15) is 24.0 Å². The molecule has 0 fully saturated rings. The molecule has 0 bridgehead atoms. The quantitative estimate of drug-likeness (QED) is 0.725. The van der Waals surface area contributed by atoms with Gasteiger partial charge >= 0.3 is 0 Å². The van der Waals surface area contributed by atoms with Crippen molar-refractivity contribution in [2.24, 2.45) is 0 Å². The normalized spacial score (nSPS) is 10.4. The molecule has 0 aliphatic carbocycles. The third-order valence-electron chi connectivity index (χ3n) is 2.30. The number of ether oxygens (including phenoxy) is 1. The van der Waals surface area contributed by atoms with Crippen LogP contribution in [0.1, 0.15) is 5.56 Å². The van der Waals surface area contributed by atoms with Crippen molar-refractivity contribution < 1.29 is 13.5 Å². The molecule has 0 aliphatic rings. The van der Waals surface area contributed by atoms with Gasteiger partial charge in [-0.3, -0.25) is 0 Å². The Morgan fingerprint density at radius 2 is 1.72 bits per heavy atom. The molecule has 2 aromatic carbocycles. The maximum Gasteiger partial charge on any atom is 0.141 e. The third kappa shape index (κ3) is 3.29. The van der Waals surface area contributed by atoms with E-state index in [4.69, 9.17) is 4.74 Å². The summed E-state index contributed by atoms with van der Waals surface area (Å²) in [4.78, 5) is 0. The Hall–Kier alpha value is -0.940. The summed E-state index contributed by atoms with van der Waals surface area (Å²) in [6.07, 6.45) is 0. The van der Waals surface area contributed by atoms with Crippen LogP contribution in [-0.4, -0.2) is 0 Å². The maximum absolute atomic E-state index is 13.3. The minimum absolute atomic E-state index is 0.238. The minimum atomic E-state index is -0.384. The first-order valence-corrected chi connectivity index (χ1v) is 6.66. The zero-order chi connectivity index (χ0) is 13.1. The molecule has 2 rings (SSSR count). The fourth-order valence-electron chi connectivity index (χ4n) is 1.37. The van der Waals surface area contributed by atoms with Crippen molar-refractivity contribution in [3.63, 3.8) is 0 Å². The Labute approximate surface area is 120 Å². The summed E-state index contributed by atoms with van der Waals surface area (Å²) in [6.45, 7) is 0.238. The van der Waals surface area contributed by atoms with Crippen LogP contribution < -0.4 is 4.74 Å². The first kappa shape index (κ1) is 13.5. The molecule has 0 radical (unpaired) electrons. The van der Waals surface area contributed by atoms with Gasteiger partial charge < -0.3 is 4.74 Å². The van der Waals surface area contributed by atoms with Gasteiger partial charge in [0.05, 0.1) is 4.47 Å². The Kier molecular flexibility index (Phi) is 4.35. The third-order valence-corrected chi connectivity index (χ3v) is 3.68. The largest absolute Gasteiger partial charge is 0.489 e. The van der Waals surface area contributed by atoms with E-state index in [1.165, 1.54) is 18.2 Å². The first-order chi connectivity index (χ1) is 8.56. The van der Waals surface area contributed by atoms with Gasteiger partial charge in [-0.1, -0.05) is 22.0 Å². The Morgan fingerprint density at radius 1 is 0.944 bits per heavy atom. The van der Waals surface area contributed by atoms with E-state index in [1.807, 2.05) is 0 Å². The summed E-state index contributed by atoms with van der Waals surface area (Å²) in [5.41, 5.74) is 0.791. The fourth-order valence-corrected chi connectivity index (χ4v) is 2.08. The van der Waals surface area contributed by atoms with E-state index < -0.39 is 0 Å². The Bertz CT molecular complexity index is 573. The van der Waals surface area contributed by atoms with Gasteiger partial charge in [0, 0.05) is 16.1 Å². The maximum atomic E-state index is 13.3. The standard InChI is InChI=1S/C13H8Br2F2O/c14-11-4-3-10(6-13(11)17)18-7-8-1-2-9(16)5-12(8)15/h1-6H,7H2. The average Bonchev–Trinajstić information content (AvgIpc) is 2.32. The Morgan fingerprint density at radius 3 is 2.39 bits per heavy atom. The van der Waals surface area contributed by atoms with E-state index in [9.17, 15) is 8.78 Å². The second-order valence-corrected chi connectivity index (χ2v) is 5.31. The smallest absolute Gasteiger partial charge is 0.141 e. The summed E-state index contributed by atoms with van der Waals surface area (Å²) < 4.78 is 32.6. The van der Waals surface area contributed by atoms with Gasteiger partial charge in [-0.15, -0.1) is 0 Å². The van der Waals surface area contributed by atoms with Crippen molar-refractivity contribution in [3.8, 4) is 5.75 Å². The molecule has 0 amide bonds. The summed E-state index contributed by atoms with van der Waals surface area (Å²) in [5.74, 6) is -0.280. The number of benzene rings is 2. The molecule has 0 atom stereocenters. The molecule has 0 aliphatic heterocycles. The van der Waals surface area contributed by atoms with Crippen molar-refractivity contribution in [2.45, 2.75) is 6.61 Å². The summed E-state index contributed by atoms with van der Waals surface area (Å²) in [6, 6.07) is 8.86. The van der Waals surface area contributed by atoms with E-state index in [0.29, 0.717) is 14.7 Å². The molecule has 0 spiro atoms. The van der Waals surface area contributed by atoms with Crippen LogP contribution in [0.4, 0.5) is 8.78 Å². The minimum Gasteiger partial charge on any atom is -0.489 e. The molecule has 5 heteroatoms. The van der Waals surface area contributed by atoms with Crippen molar-refractivity contribution in [1.29, 1.82) is 0 Å². The molecule has 0 aromatic heterocycles. The highest BCUT2D eigenvalue weighted by molar-refractivity contribution is 9.10. The van der Waals surface area contributed by atoms with E-state index in [1.54, 1.807) is 18.2 Å². The van der Waals surface area contributed by atoms with Gasteiger partial charge in [0.2, 0.25) is 0 Å². The van der Waals surface area contributed by atoms with Crippen LogP contribution in [0.3, 0.4) is 0 Å². The molecule has 18 heavy (non-hydrogen) atoms. The van der Waals surface area contributed by atoms with Gasteiger partial charge in [-0.25, -0.2) is 8.78 Å². The van der Waals surface area contributed by atoms with Crippen LogP contribution >= 0.6 is 31.9 Å². The second-order valence-electron chi connectivity index (χ2n) is 3.60. The highest BCUT2D eigenvalue weighted by Gasteiger charge is 2.05. The monoisotopic (exact) mass is 376 g/mol. The van der Waals surface area contributed by atoms with Crippen molar-refractivity contribution in [2.75, 3.05) is 0 Å². The van der Waals surface area contributed by atoms with Crippen LogP contribution in [0.15, 0.2) is 45.3 Å². The van der Waals surface area contributed by atoms with Crippen molar-refractivity contribution in [1.82, 2.24) is 0 Å². The molecule has 0 N–H and O–H groups in total. The predicted molar refractivity (Wildman–Crippen MR) is 72.5 cm³/mol. The molecule has 0 saturated carbocycles. The molecular formula is C13H8Br2F2O. The zero-order valence-electron chi connectivity index (χ0n) is 9.09. The second kappa shape index (κ2) is 5.80. The van der Waals surface area contributed by atoms with Crippen LogP contribution in [-0.2, 0) is 6.61 Å². The van der Waals surface area contributed by atoms with Gasteiger partial charge in [0.25, 0.3) is 0 Å². The molecular weight excluding hydrogens is 370 g/mol. The number of halogens is 4. The molecule has 0 heterocycles. The first-order valence-electron chi connectivity index (χ1n) is 5.08. The highest BCUT2D eigenvalue weighted by atomic mass is 79.9. The lowest BCUT2D eigenvalue weighted by Gasteiger charge is -2.08. The molecule has 0 saturated heterocycles. The van der Waals surface area contributed by atoms with Crippen LogP contribution in [0, 0.1) is 11.6 Å². The molecule has 2 aromatic rings. The van der Waals surface area contributed by atoms with Crippen LogP contribution in [0.5, 0.6) is 5.75 Å². The fraction of sp³-hybridized carbons (Fsp3) is 0.0769. The summed E-state index contributed by atoms with van der Waals surface area (Å²) in [5, 5.41) is 0. The predicted octanol–water partition coefficient (Wildman–Crippen LogP) is 5.07. The summed E-state index contributed by atoms with van der Waals surface area (Å²) in [7, 11) is 0. The van der Waals surface area contributed by atoms with Crippen molar-refractivity contribution >= 4 is 31.9 Å². The van der Waals surface area contributed by atoms with Gasteiger partial charge in [0.15, 0.2) is 0 Å². The molecule has 1 nitrogen and oxygen atoms in total. The molecule has 0 unspecified atom stereocenters. The van der Waals surface area contributed by atoms with E-state index >= 15 is 0 Å². The SMILES string of the molecule is Fc1ccc(COc2ccc(Br)c(F)c2)c(Br)c1. The summed E-state index contributed by atoms with van der Waals surface area (Å²) >= 11 is 6.31. The Balaban J connectivity index is 2.09.